The van der Waals surface area contributed by atoms with Gasteiger partial charge in [0.2, 0.25) is 0 Å². The third-order valence-corrected chi connectivity index (χ3v) is 11.0. The molecule has 12 N–H and O–H groups in total. The summed E-state index contributed by atoms with van der Waals surface area (Å²) in [6.07, 6.45) is -4.98. The van der Waals surface area contributed by atoms with Crippen molar-refractivity contribution in [1.82, 2.24) is 6.15 Å². The van der Waals surface area contributed by atoms with Gasteiger partial charge < -0.3 is 60.1 Å². The van der Waals surface area contributed by atoms with Gasteiger partial charge in [0.25, 0.3) is 0 Å². The zero-order valence-electron chi connectivity index (χ0n) is 36.2. The number of phosphoric acid groups is 4. The van der Waals surface area contributed by atoms with Gasteiger partial charge in [0.05, 0.1) is 6.61 Å². The van der Waals surface area contributed by atoms with E-state index in [1.54, 1.807) is 6.92 Å². The number of carbonyl (C=O) groups excluding carboxylic acids is 2. The van der Waals surface area contributed by atoms with Gasteiger partial charge in [-0.1, -0.05) is 89.9 Å². The van der Waals surface area contributed by atoms with Crippen LogP contribution in [-0.2, 0) is 59.9 Å². The Labute approximate surface area is 400 Å². The molecule has 0 aromatic rings. The minimum absolute atomic E-state index is 0. The van der Waals surface area contributed by atoms with Crippen molar-refractivity contribution in [3.8, 4) is 71.0 Å². The number of hydrogen-bond acceptors (Lipinski definition) is 16. The van der Waals surface area contributed by atoms with Crippen LogP contribution in [0.1, 0.15) is 119 Å². The fourth-order valence-corrected chi connectivity index (χ4v) is 8.38. The molecule has 0 amide bonds. The molecule has 392 valence electrons. The number of phosphoric ester groups is 4. The van der Waals surface area contributed by atoms with Crippen LogP contribution in [0.25, 0.3) is 0 Å². The third kappa shape index (κ3) is 30.8. The number of rotatable bonds is 28. The summed E-state index contributed by atoms with van der Waals surface area (Å²) in [6.45, 7) is 1.80. The van der Waals surface area contributed by atoms with E-state index in [2.05, 4.69) is 85.6 Å². The van der Waals surface area contributed by atoms with E-state index >= 15 is 0 Å². The van der Waals surface area contributed by atoms with Gasteiger partial charge in [-0.05, 0) is 72.5 Å². The van der Waals surface area contributed by atoms with Crippen LogP contribution in [0.5, 0.6) is 0 Å². The Kier molecular flexibility index (Phi) is 31.5. The standard InChI is InChI=1S/C39H54O22P4.H3N.11H2/c1-3-5-7-9-11-13-15-16-18-20-22-24-26-28-33(41)57-31(29-55-32(40)27-25-23-21-19-17-14-12-10-8-6-4-2)30-56-65(53,54)61-36-34(42)37(58-62(44,45)46)39(60-64(50,51)52)38(35(36)43)59-63(47,48)49;;;;;;;;;;;;/h31,34-39,42-43H,3,5,7,9,11,13,15-16,18,20,22,24,26,28-30H2,1-2H3,(H,53,54)(H2,44,45,46)(H2,47,48,49)(H2,50,51,52);1H3;11*1H/t31-,34-,35?,36?,37?,38+,39?;;;;;;;;;;;;/m1............/s1. The molecule has 27 heteroatoms. The molecule has 1 fully saturated rings. The first kappa shape index (κ1) is 62.6. The Hall–Kier alpha value is -3.38. The van der Waals surface area contributed by atoms with E-state index in [-0.39, 0.29) is 28.3 Å². The fourth-order valence-electron chi connectivity index (χ4n) is 5.73. The van der Waals surface area contributed by atoms with Crippen molar-refractivity contribution in [2.24, 2.45) is 0 Å². The molecule has 0 heterocycles. The quantitative estimate of drug-likeness (QED) is 0.0152. The van der Waals surface area contributed by atoms with Crippen molar-refractivity contribution in [3.05, 3.63) is 0 Å². The van der Waals surface area contributed by atoms with Crippen LogP contribution >= 0.6 is 31.3 Å². The Morgan fingerprint density at radius 1 is 0.545 bits per heavy atom. The largest absolute Gasteiger partial charge is 0.472 e. The minimum Gasteiger partial charge on any atom is -0.456 e. The monoisotopic (exact) mass is 1040 g/mol. The summed E-state index contributed by atoms with van der Waals surface area (Å²) in [4.78, 5) is 91.9. The molecule has 23 nitrogen and oxygen atoms in total. The summed E-state index contributed by atoms with van der Waals surface area (Å²) in [7, 11) is -23.2. The lowest BCUT2D eigenvalue weighted by molar-refractivity contribution is -0.209. The third-order valence-electron chi connectivity index (χ3n) is 8.48. The average Bonchev–Trinajstić information content (AvgIpc) is 3.20. The Morgan fingerprint density at radius 2 is 0.939 bits per heavy atom. The molecule has 66 heavy (non-hydrogen) atoms. The van der Waals surface area contributed by atoms with Crippen LogP contribution in [0.15, 0.2) is 0 Å². The molecule has 0 aromatic carbocycles. The number of aliphatic hydroxyl groups is 2. The number of unbranched alkanes of at least 4 members (excludes halogenated alkanes) is 12. The van der Waals surface area contributed by atoms with Gasteiger partial charge in [0.1, 0.15) is 43.2 Å². The fraction of sp³-hybridized carbons (Fsp3) is 0.641. The van der Waals surface area contributed by atoms with Crippen molar-refractivity contribution >= 4 is 43.2 Å². The number of aliphatic hydroxyl groups excluding tert-OH is 2. The molecular formula is C39H79NO22P4. The number of esters is 2. The van der Waals surface area contributed by atoms with E-state index in [0.29, 0.717) is 12.8 Å². The highest BCUT2D eigenvalue weighted by molar-refractivity contribution is 7.47. The van der Waals surface area contributed by atoms with Gasteiger partial charge in [0, 0.05) is 28.0 Å². The van der Waals surface area contributed by atoms with E-state index in [9.17, 15) is 72.3 Å². The van der Waals surface area contributed by atoms with E-state index in [1.165, 1.54) is 38.5 Å². The molecule has 1 aliphatic rings. The summed E-state index contributed by atoms with van der Waals surface area (Å²) in [6, 6.07) is 0. The van der Waals surface area contributed by atoms with Crippen LogP contribution in [0, 0.1) is 71.0 Å². The molecule has 0 aliphatic heterocycles. The van der Waals surface area contributed by atoms with Gasteiger partial charge in [0.15, 0.2) is 6.10 Å². The zero-order valence-corrected chi connectivity index (χ0v) is 39.8. The van der Waals surface area contributed by atoms with Crippen LogP contribution in [0.4, 0.5) is 0 Å². The maximum Gasteiger partial charge on any atom is 0.472 e. The maximum absolute atomic E-state index is 13.2. The molecular weight excluding hydrogens is 958 g/mol. The topological polar surface area (TPSA) is 384 Å². The molecule has 8 atom stereocenters. The Bertz CT molecular complexity index is 2130. The van der Waals surface area contributed by atoms with Gasteiger partial charge in [-0.2, -0.15) is 0 Å². The summed E-state index contributed by atoms with van der Waals surface area (Å²) >= 11 is 0. The zero-order chi connectivity index (χ0) is 48.9. The van der Waals surface area contributed by atoms with Gasteiger partial charge in [-0.25, -0.2) is 23.1 Å². The highest BCUT2D eigenvalue weighted by Crippen LogP contribution is 2.53. The summed E-state index contributed by atoms with van der Waals surface area (Å²) < 4.78 is 81.1. The molecule has 0 saturated heterocycles. The molecule has 0 radical (unpaired) electrons. The van der Waals surface area contributed by atoms with Crippen LogP contribution in [0.2, 0.25) is 0 Å². The van der Waals surface area contributed by atoms with Crippen LogP contribution in [0.3, 0.4) is 0 Å². The van der Waals surface area contributed by atoms with Crippen molar-refractivity contribution in [2.45, 2.75) is 146 Å². The second kappa shape index (κ2) is 33.2. The molecule has 1 aliphatic carbocycles. The van der Waals surface area contributed by atoms with E-state index in [0.717, 1.165) is 32.1 Å². The number of hydrogen-bond donors (Lipinski definition) is 10. The predicted octanol–water partition coefficient (Wildman–Crippen LogP) is 5.50. The first-order chi connectivity index (χ1) is 30.5. The summed E-state index contributed by atoms with van der Waals surface area (Å²) in [5.41, 5.74) is 0. The lowest BCUT2D eigenvalue weighted by Gasteiger charge is -2.45. The summed E-state index contributed by atoms with van der Waals surface area (Å²) in [5, 5.41) is 21.7. The lowest BCUT2D eigenvalue weighted by Crippen LogP contribution is -2.65. The molecule has 0 aromatic heterocycles. The summed E-state index contributed by atoms with van der Waals surface area (Å²) in [5.74, 6) is 26.0. The molecule has 5 unspecified atom stereocenters. The van der Waals surface area contributed by atoms with Crippen molar-refractivity contribution in [2.75, 3.05) is 13.2 Å². The predicted molar refractivity (Wildman–Crippen MR) is 255 cm³/mol. The molecule has 1 rings (SSSR count). The highest BCUT2D eigenvalue weighted by Gasteiger charge is 2.59. The van der Waals surface area contributed by atoms with E-state index in [1.807, 2.05) is 5.92 Å². The van der Waals surface area contributed by atoms with Crippen LogP contribution in [-0.4, -0.2) is 112 Å². The van der Waals surface area contributed by atoms with E-state index in [4.69, 9.17) is 18.5 Å². The normalized spacial score (nSPS) is 20.3. The molecule has 0 spiro atoms. The van der Waals surface area contributed by atoms with Gasteiger partial charge in [-0.15, -0.1) is 0 Å². The molecule has 0 bridgehead atoms. The Morgan fingerprint density at radius 3 is 1.36 bits per heavy atom. The van der Waals surface area contributed by atoms with Crippen LogP contribution < -0.4 is 6.15 Å². The van der Waals surface area contributed by atoms with Crippen molar-refractivity contribution in [3.63, 3.8) is 0 Å². The average molecular weight is 1040 g/mol. The maximum atomic E-state index is 13.2. The second-order valence-corrected chi connectivity index (χ2v) is 18.8. The van der Waals surface area contributed by atoms with E-state index < -0.39 is 99.2 Å². The van der Waals surface area contributed by atoms with Gasteiger partial charge >= 0.3 is 43.2 Å². The minimum atomic E-state index is -5.82. The first-order valence-corrected chi connectivity index (χ1v) is 26.1. The first-order valence-electron chi connectivity index (χ1n) is 20.0. The van der Waals surface area contributed by atoms with Crippen molar-refractivity contribution < 1.29 is 120 Å². The second-order valence-electron chi connectivity index (χ2n) is 13.8. The Balaban J connectivity index is -0.000000352. The van der Waals surface area contributed by atoms with Crippen molar-refractivity contribution in [1.29, 1.82) is 0 Å². The number of carbonyl (C=O) groups is 2. The lowest BCUT2D eigenvalue weighted by atomic mass is 9.85. The highest BCUT2D eigenvalue weighted by atomic mass is 31.2. The van der Waals surface area contributed by atoms with Gasteiger partial charge in [-0.3, -0.25) is 27.4 Å². The number of ether oxygens (including phenoxy) is 2. The SMILES string of the molecule is CC#CC#CC#CC#CC#CC#CC(=O)OC[C@H](COP(=O)(O)OC1C(O)[C@H](OP(=O)(O)O)C(OP(=O)(O)O)C(OP(=O)(O)O)[C@@H]1O)OC(=O)CCCCCCCCCCCCCCC.N.[HH].[HH].[HH].[HH].[HH].[HH].[HH].[HH].[HH].[HH].[HH]. The molecule has 1 saturated carbocycles. The smallest absolute Gasteiger partial charge is 0.456 e.